The molecule has 0 spiro atoms. The van der Waals surface area contributed by atoms with Gasteiger partial charge in [-0.2, -0.15) is 0 Å². The molecule has 0 radical (unpaired) electrons. The third kappa shape index (κ3) is 1.81. The molecule has 1 saturated heterocycles. The lowest BCUT2D eigenvalue weighted by Crippen LogP contribution is -2.23. The van der Waals surface area contributed by atoms with Crippen LogP contribution in [0, 0.1) is 0 Å². The number of rotatable bonds is 2. The van der Waals surface area contributed by atoms with E-state index in [9.17, 15) is 0 Å². The molecular weight excluding hydrogens is 188 g/mol. The van der Waals surface area contributed by atoms with Crippen molar-refractivity contribution in [2.24, 2.45) is 0 Å². The van der Waals surface area contributed by atoms with Gasteiger partial charge in [0.1, 0.15) is 0 Å². The molecule has 2 heterocycles. The summed E-state index contributed by atoms with van der Waals surface area (Å²) < 4.78 is 0. The summed E-state index contributed by atoms with van der Waals surface area (Å²) in [5.41, 5.74) is 2.59. The van der Waals surface area contributed by atoms with Crippen LogP contribution in [0.5, 0.6) is 0 Å². The Labute approximate surface area is 89.5 Å². The van der Waals surface area contributed by atoms with E-state index in [0.717, 1.165) is 31.9 Å². The molecule has 1 aliphatic carbocycles. The summed E-state index contributed by atoms with van der Waals surface area (Å²) in [7, 11) is 0. The first-order valence-electron chi connectivity index (χ1n) is 5.74. The second-order valence-corrected chi connectivity index (χ2v) is 4.35. The molecule has 1 atom stereocenters. The van der Waals surface area contributed by atoms with E-state index in [4.69, 9.17) is 0 Å². The van der Waals surface area contributed by atoms with Gasteiger partial charge < -0.3 is 10.6 Å². The van der Waals surface area contributed by atoms with Gasteiger partial charge in [-0.05, 0) is 37.8 Å². The third-order valence-electron chi connectivity index (χ3n) is 3.21. The van der Waals surface area contributed by atoms with Crippen LogP contribution >= 0.6 is 0 Å². The molecule has 4 nitrogen and oxygen atoms in total. The van der Waals surface area contributed by atoms with Gasteiger partial charge in [0.15, 0.2) is 0 Å². The maximum Gasteiger partial charge on any atom is 0.223 e. The molecular formula is C11H16N4. The highest BCUT2D eigenvalue weighted by Crippen LogP contribution is 2.20. The summed E-state index contributed by atoms with van der Waals surface area (Å²) in [4.78, 5) is 8.93. The number of hydrogen-bond donors (Lipinski definition) is 2. The zero-order valence-corrected chi connectivity index (χ0v) is 8.79. The average molecular weight is 204 g/mol. The van der Waals surface area contributed by atoms with Gasteiger partial charge in [-0.25, -0.2) is 9.97 Å². The van der Waals surface area contributed by atoms with Crippen molar-refractivity contribution in [1.29, 1.82) is 0 Å². The molecule has 0 aromatic carbocycles. The lowest BCUT2D eigenvalue weighted by molar-refractivity contribution is 0.778. The first-order valence-corrected chi connectivity index (χ1v) is 5.74. The normalized spacial score (nSPS) is 24.1. The monoisotopic (exact) mass is 204 g/mol. The second-order valence-electron chi connectivity index (χ2n) is 4.35. The summed E-state index contributed by atoms with van der Waals surface area (Å²) in [5.74, 6) is 0.810. The molecule has 80 valence electrons. The molecule has 1 aromatic heterocycles. The molecule has 15 heavy (non-hydrogen) atoms. The van der Waals surface area contributed by atoms with Crippen LogP contribution in [-0.2, 0) is 12.8 Å². The Balaban J connectivity index is 1.75. The number of anilines is 1. The van der Waals surface area contributed by atoms with Gasteiger partial charge in [0.2, 0.25) is 5.95 Å². The zero-order valence-electron chi connectivity index (χ0n) is 8.79. The van der Waals surface area contributed by atoms with Gasteiger partial charge >= 0.3 is 0 Å². The van der Waals surface area contributed by atoms with Crippen molar-refractivity contribution in [1.82, 2.24) is 15.3 Å². The van der Waals surface area contributed by atoms with Gasteiger partial charge in [0.25, 0.3) is 0 Å². The zero-order chi connectivity index (χ0) is 10.1. The van der Waals surface area contributed by atoms with E-state index in [2.05, 4.69) is 20.6 Å². The van der Waals surface area contributed by atoms with E-state index in [0.29, 0.717) is 6.04 Å². The lowest BCUT2D eigenvalue weighted by atomic mass is 10.2. The van der Waals surface area contributed by atoms with Crippen LogP contribution in [0.3, 0.4) is 0 Å². The Bertz CT molecular complexity index is 358. The van der Waals surface area contributed by atoms with Crippen molar-refractivity contribution in [3.05, 3.63) is 17.5 Å². The molecule has 3 rings (SSSR count). The Morgan fingerprint density at radius 2 is 2.40 bits per heavy atom. The van der Waals surface area contributed by atoms with Gasteiger partial charge in [-0.15, -0.1) is 0 Å². The average Bonchev–Trinajstić information content (AvgIpc) is 2.87. The minimum Gasteiger partial charge on any atom is -0.350 e. The van der Waals surface area contributed by atoms with Crippen LogP contribution in [0.1, 0.15) is 24.1 Å². The van der Waals surface area contributed by atoms with Crippen molar-refractivity contribution in [2.75, 3.05) is 18.4 Å². The highest BCUT2D eigenvalue weighted by atomic mass is 15.1. The van der Waals surface area contributed by atoms with Gasteiger partial charge in [0.05, 0.1) is 0 Å². The number of nitrogens with one attached hydrogen (secondary N) is 2. The summed E-state index contributed by atoms with van der Waals surface area (Å²) >= 11 is 0. The second kappa shape index (κ2) is 3.77. The van der Waals surface area contributed by atoms with Gasteiger partial charge in [-0.1, -0.05) is 0 Å². The summed E-state index contributed by atoms with van der Waals surface area (Å²) in [6.07, 6.45) is 6.66. The third-order valence-corrected chi connectivity index (χ3v) is 3.21. The molecule has 2 N–H and O–H groups in total. The minimum atomic E-state index is 0.504. The quantitative estimate of drug-likeness (QED) is 0.746. The van der Waals surface area contributed by atoms with Crippen LogP contribution in [-0.4, -0.2) is 29.1 Å². The van der Waals surface area contributed by atoms with E-state index >= 15 is 0 Å². The van der Waals surface area contributed by atoms with Crippen LogP contribution in [0.15, 0.2) is 6.20 Å². The van der Waals surface area contributed by atoms with Crippen molar-refractivity contribution in [3.63, 3.8) is 0 Å². The van der Waals surface area contributed by atoms with Gasteiger partial charge in [0, 0.05) is 24.5 Å². The minimum absolute atomic E-state index is 0.504. The van der Waals surface area contributed by atoms with E-state index in [-0.39, 0.29) is 0 Å². The Morgan fingerprint density at radius 1 is 1.40 bits per heavy atom. The van der Waals surface area contributed by atoms with Crippen LogP contribution in [0.25, 0.3) is 0 Å². The molecule has 1 fully saturated rings. The van der Waals surface area contributed by atoms with Crippen LogP contribution in [0.2, 0.25) is 0 Å². The number of hydrogen-bond acceptors (Lipinski definition) is 4. The predicted octanol–water partition coefficient (Wildman–Crippen LogP) is 0.739. The topological polar surface area (TPSA) is 49.8 Å². The molecule has 4 heteroatoms. The summed E-state index contributed by atoms with van der Waals surface area (Å²) in [5, 5.41) is 6.71. The number of aryl methyl sites for hydroxylation is 2. The predicted molar refractivity (Wildman–Crippen MR) is 59.0 cm³/mol. The summed E-state index contributed by atoms with van der Waals surface area (Å²) in [6, 6.07) is 0.504. The number of aromatic nitrogens is 2. The van der Waals surface area contributed by atoms with Crippen LogP contribution < -0.4 is 10.6 Å². The fourth-order valence-corrected chi connectivity index (χ4v) is 2.34. The lowest BCUT2D eigenvalue weighted by Gasteiger charge is -2.11. The van der Waals surface area contributed by atoms with Crippen molar-refractivity contribution in [3.8, 4) is 0 Å². The highest BCUT2D eigenvalue weighted by molar-refractivity contribution is 5.33. The molecule has 0 bridgehead atoms. The van der Waals surface area contributed by atoms with E-state index in [1.807, 2.05) is 6.20 Å². The van der Waals surface area contributed by atoms with E-state index in [1.165, 1.54) is 24.1 Å². The van der Waals surface area contributed by atoms with Crippen LogP contribution in [0.4, 0.5) is 5.95 Å². The van der Waals surface area contributed by atoms with Crippen molar-refractivity contribution < 1.29 is 0 Å². The van der Waals surface area contributed by atoms with E-state index < -0.39 is 0 Å². The SMILES string of the molecule is c1nc(NC2CCNC2)nc2c1CCC2. The highest BCUT2D eigenvalue weighted by Gasteiger charge is 2.17. The molecule has 1 aromatic rings. The standard InChI is InChI=1S/C11H16N4/c1-2-8-6-13-11(15-10(8)3-1)14-9-4-5-12-7-9/h6,9,12H,1-5,7H2,(H,13,14,15). The van der Waals surface area contributed by atoms with E-state index in [1.54, 1.807) is 0 Å². The first kappa shape index (κ1) is 9.09. The van der Waals surface area contributed by atoms with Crippen molar-refractivity contribution in [2.45, 2.75) is 31.7 Å². The largest absolute Gasteiger partial charge is 0.350 e. The van der Waals surface area contributed by atoms with Gasteiger partial charge in [-0.3, -0.25) is 0 Å². The van der Waals surface area contributed by atoms with Crippen molar-refractivity contribution >= 4 is 5.95 Å². The maximum atomic E-state index is 4.57. The first-order chi connectivity index (χ1) is 7.42. The molecule has 1 unspecified atom stereocenters. The molecule has 1 aliphatic heterocycles. The smallest absolute Gasteiger partial charge is 0.223 e. The fraction of sp³-hybridized carbons (Fsp3) is 0.636. The Morgan fingerprint density at radius 3 is 3.27 bits per heavy atom. The molecule has 2 aliphatic rings. The number of nitrogens with zero attached hydrogens (tertiary/aromatic N) is 2. The number of fused-ring (bicyclic) bond motifs is 1. The fourth-order valence-electron chi connectivity index (χ4n) is 2.34. The Hall–Kier alpha value is -1.16. The maximum absolute atomic E-state index is 4.57. The Kier molecular flexibility index (Phi) is 2.29. The molecule has 0 saturated carbocycles. The summed E-state index contributed by atoms with van der Waals surface area (Å²) in [6.45, 7) is 2.13. The molecule has 0 amide bonds.